The van der Waals surface area contributed by atoms with Crippen LogP contribution in [0.25, 0.3) is 5.76 Å². The van der Waals surface area contributed by atoms with E-state index < -0.39 is 23.5 Å². The molecule has 146 valence electrons. The van der Waals surface area contributed by atoms with Crippen LogP contribution in [0.15, 0.2) is 54.4 Å². The second-order valence-corrected chi connectivity index (χ2v) is 6.94. The molecule has 0 unspecified atom stereocenters. The molecule has 0 spiro atoms. The van der Waals surface area contributed by atoms with Gasteiger partial charge in [0.15, 0.2) is 0 Å². The summed E-state index contributed by atoms with van der Waals surface area (Å²) in [7, 11) is 3.86. The second kappa shape index (κ2) is 8.31. The number of nitrogens with zero attached hydrogens (tertiary/aromatic N) is 3. The number of halogens is 1. The molecule has 0 radical (unpaired) electrons. The van der Waals surface area contributed by atoms with Gasteiger partial charge in [0.25, 0.3) is 11.7 Å². The van der Waals surface area contributed by atoms with E-state index in [1.54, 1.807) is 24.5 Å². The first-order valence-electron chi connectivity index (χ1n) is 8.99. The molecule has 1 aliphatic heterocycles. The van der Waals surface area contributed by atoms with Crippen molar-refractivity contribution in [2.75, 3.05) is 27.2 Å². The molecular weight excluding hydrogens is 361 g/mol. The lowest BCUT2D eigenvalue weighted by Gasteiger charge is -2.25. The van der Waals surface area contributed by atoms with Crippen molar-refractivity contribution in [3.05, 3.63) is 71.3 Å². The number of pyridine rings is 1. The molecule has 7 heteroatoms. The lowest BCUT2D eigenvalue weighted by atomic mass is 9.96. The number of hydrogen-bond donors (Lipinski definition) is 1. The van der Waals surface area contributed by atoms with Gasteiger partial charge >= 0.3 is 0 Å². The van der Waals surface area contributed by atoms with Crippen LogP contribution in [-0.4, -0.2) is 58.8 Å². The molecule has 1 aromatic heterocycles. The van der Waals surface area contributed by atoms with Crippen LogP contribution in [0.5, 0.6) is 0 Å². The smallest absolute Gasteiger partial charge is 0.295 e. The maximum atomic E-state index is 13.2. The molecule has 0 aliphatic carbocycles. The zero-order valence-corrected chi connectivity index (χ0v) is 15.8. The maximum absolute atomic E-state index is 13.2. The minimum absolute atomic E-state index is 0.00513. The number of carbonyl (C=O) groups excluding carboxylic acids is 2. The molecule has 0 saturated carbocycles. The number of Topliss-reactive ketones (excluding diaryl/α,β-unsaturated/α-hetero) is 1. The Bertz CT molecular complexity index is 895. The number of aliphatic hydroxyl groups excluding tert-OH is 1. The monoisotopic (exact) mass is 383 g/mol. The zero-order chi connectivity index (χ0) is 20.3. The minimum atomic E-state index is -0.750. The molecule has 1 amide bonds. The lowest BCUT2D eigenvalue weighted by molar-refractivity contribution is -0.139. The fourth-order valence-electron chi connectivity index (χ4n) is 3.32. The normalized spacial score (nSPS) is 18.9. The number of aliphatic hydroxyl groups is 1. The third kappa shape index (κ3) is 3.94. The van der Waals surface area contributed by atoms with Gasteiger partial charge in [0.05, 0.1) is 11.6 Å². The molecule has 1 N–H and O–H groups in total. The number of ketones is 1. The van der Waals surface area contributed by atoms with Gasteiger partial charge < -0.3 is 14.9 Å². The Kier molecular flexibility index (Phi) is 5.84. The fraction of sp³-hybridized carbons (Fsp3) is 0.286. The Hall–Kier alpha value is -3.06. The predicted octanol–water partition coefficient (Wildman–Crippen LogP) is 2.59. The van der Waals surface area contributed by atoms with E-state index >= 15 is 0 Å². The summed E-state index contributed by atoms with van der Waals surface area (Å²) in [4.78, 5) is 33.0. The zero-order valence-electron chi connectivity index (χ0n) is 15.8. The SMILES string of the molecule is CN(C)CCCN1C(=O)C(=O)/C(=C(/O)c2ccc(F)cc2)[C@H]1c1cccnc1. The Labute approximate surface area is 162 Å². The summed E-state index contributed by atoms with van der Waals surface area (Å²) < 4.78 is 13.2. The number of benzene rings is 1. The van der Waals surface area contributed by atoms with Gasteiger partial charge in [0, 0.05) is 24.5 Å². The largest absolute Gasteiger partial charge is 0.507 e. The van der Waals surface area contributed by atoms with Crippen LogP contribution in [0.2, 0.25) is 0 Å². The summed E-state index contributed by atoms with van der Waals surface area (Å²) in [6.07, 6.45) is 3.85. The van der Waals surface area contributed by atoms with Gasteiger partial charge in [0.2, 0.25) is 0 Å². The van der Waals surface area contributed by atoms with Crippen molar-refractivity contribution in [1.82, 2.24) is 14.8 Å². The quantitative estimate of drug-likeness (QED) is 0.472. The van der Waals surface area contributed by atoms with Crippen LogP contribution in [0, 0.1) is 5.82 Å². The molecule has 0 bridgehead atoms. The topological polar surface area (TPSA) is 73.7 Å². The molecule has 1 saturated heterocycles. The molecule has 1 atom stereocenters. The number of carbonyl (C=O) groups is 2. The summed E-state index contributed by atoms with van der Waals surface area (Å²) in [5, 5.41) is 10.8. The van der Waals surface area contributed by atoms with Crippen molar-refractivity contribution < 1.29 is 19.1 Å². The van der Waals surface area contributed by atoms with Gasteiger partial charge in [-0.05, 0) is 63.0 Å². The van der Waals surface area contributed by atoms with E-state index in [2.05, 4.69) is 4.98 Å². The Morgan fingerprint density at radius 2 is 1.93 bits per heavy atom. The van der Waals surface area contributed by atoms with Crippen LogP contribution < -0.4 is 0 Å². The average Bonchev–Trinajstić information content (AvgIpc) is 2.93. The van der Waals surface area contributed by atoms with Crippen LogP contribution >= 0.6 is 0 Å². The highest BCUT2D eigenvalue weighted by Crippen LogP contribution is 2.39. The number of rotatable bonds is 6. The van der Waals surface area contributed by atoms with E-state index in [0.29, 0.717) is 18.5 Å². The lowest BCUT2D eigenvalue weighted by Crippen LogP contribution is -2.32. The van der Waals surface area contributed by atoms with Gasteiger partial charge in [-0.25, -0.2) is 4.39 Å². The number of amides is 1. The van der Waals surface area contributed by atoms with Gasteiger partial charge in [0.1, 0.15) is 11.6 Å². The number of aromatic nitrogens is 1. The highest BCUT2D eigenvalue weighted by Gasteiger charge is 2.45. The Morgan fingerprint density at radius 1 is 1.21 bits per heavy atom. The van der Waals surface area contributed by atoms with Crippen molar-refractivity contribution in [2.45, 2.75) is 12.5 Å². The van der Waals surface area contributed by atoms with Gasteiger partial charge in [-0.15, -0.1) is 0 Å². The molecule has 28 heavy (non-hydrogen) atoms. The van der Waals surface area contributed by atoms with Crippen molar-refractivity contribution in [3.8, 4) is 0 Å². The highest BCUT2D eigenvalue weighted by atomic mass is 19.1. The molecule has 2 aromatic rings. The highest BCUT2D eigenvalue weighted by molar-refractivity contribution is 6.46. The summed E-state index contributed by atoms with van der Waals surface area (Å²) in [6.45, 7) is 1.11. The van der Waals surface area contributed by atoms with E-state index in [9.17, 15) is 19.1 Å². The molecule has 1 aliphatic rings. The van der Waals surface area contributed by atoms with Crippen molar-refractivity contribution >= 4 is 17.4 Å². The standard InChI is InChI=1S/C21H22FN3O3/c1-24(2)11-4-12-25-18(15-5-3-10-23-13-15)17(20(27)21(25)28)19(26)14-6-8-16(22)9-7-14/h3,5-10,13,18,26H,4,11-12H2,1-2H3/b19-17+/t18-/m1/s1. The fourth-order valence-corrected chi connectivity index (χ4v) is 3.32. The minimum Gasteiger partial charge on any atom is -0.507 e. The van der Waals surface area contributed by atoms with E-state index in [4.69, 9.17) is 0 Å². The van der Waals surface area contributed by atoms with Crippen molar-refractivity contribution in [3.63, 3.8) is 0 Å². The number of hydrogen-bond acceptors (Lipinski definition) is 5. The second-order valence-electron chi connectivity index (χ2n) is 6.94. The Morgan fingerprint density at radius 3 is 2.54 bits per heavy atom. The molecule has 1 fully saturated rings. The molecule has 2 heterocycles. The average molecular weight is 383 g/mol. The van der Waals surface area contributed by atoms with Crippen molar-refractivity contribution in [2.24, 2.45) is 0 Å². The summed E-state index contributed by atoms with van der Waals surface area (Å²) in [5.74, 6) is -2.18. The van der Waals surface area contributed by atoms with E-state index in [-0.39, 0.29) is 16.9 Å². The Balaban J connectivity index is 2.06. The van der Waals surface area contributed by atoms with E-state index in [0.717, 1.165) is 6.54 Å². The van der Waals surface area contributed by atoms with Crippen LogP contribution in [-0.2, 0) is 9.59 Å². The molecule has 6 nitrogen and oxygen atoms in total. The summed E-state index contributed by atoms with van der Waals surface area (Å²) in [5.41, 5.74) is 0.909. The van der Waals surface area contributed by atoms with Crippen LogP contribution in [0.4, 0.5) is 4.39 Å². The number of likely N-dealkylation sites (tertiary alicyclic amines) is 1. The van der Waals surface area contributed by atoms with Crippen LogP contribution in [0.3, 0.4) is 0 Å². The van der Waals surface area contributed by atoms with Crippen LogP contribution in [0.1, 0.15) is 23.6 Å². The molecule has 1 aromatic carbocycles. The third-order valence-corrected chi connectivity index (χ3v) is 4.66. The predicted molar refractivity (Wildman–Crippen MR) is 103 cm³/mol. The van der Waals surface area contributed by atoms with Gasteiger partial charge in [-0.3, -0.25) is 14.6 Å². The first-order chi connectivity index (χ1) is 13.4. The first kappa shape index (κ1) is 19.7. The summed E-state index contributed by atoms with van der Waals surface area (Å²) >= 11 is 0. The van der Waals surface area contributed by atoms with Crippen molar-refractivity contribution in [1.29, 1.82) is 0 Å². The molecular formula is C21H22FN3O3. The van der Waals surface area contributed by atoms with Gasteiger partial charge in [-0.1, -0.05) is 6.07 Å². The van der Waals surface area contributed by atoms with E-state index in [1.165, 1.54) is 29.2 Å². The summed E-state index contributed by atoms with van der Waals surface area (Å²) in [6, 6.07) is 7.89. The molecule has 3 rings (SSSR count). The first-order valence-corrected chi connectivity index (χ1v) is 8.99. The third-order valence-electron chi connectivity index (χ3n) is 4.66. The maximum Gasteiger partial charge on any atom is 0.295 e. The van der Waals surface area contributed by atoms with E-state index in [1.807, 2.05) is 19.0 Å². The van der Waals surface area contributed by atoms with Gasteiger partial charge in [-0.2, -0.15) is 0 Å².